The van der Waals surface area contributed by atoms with Gasteiger partial charge in [0.15, 0.2) is 0 Å². The van der Waals surface area contributed by atoms with Gasteiger partial charge < -0.3 is 18.9 Å². The molecular formula is C12H19NO8. The largest absolute Gasteiger partial charge is 0.469 e. The Labute approximate surface area is 121 Å². The summed E-state index contributed by atoms with van der Waals surface area (Å²) in [5, 5.41) is 2.54. The van der Waals surface area contributed by atoms with Crippen LogP contribution in [-0.4, -0.2) is 64.4 Å². The van der Waals surface area contributed by atoms with Gasteiger partial charge in [-0.15, -0.1) is 0 Å². The molecule has 0 aliphatic rings. The summed E-state index contributed by atoms with van der Waals surface area (Å²) < 4.78 is 18.0. The highest BCUT2D eigenvalue weighted by molar-refractivity contribution is 5.86. The third-order valence-corrected chi connectivity index (χ3v) is 2.57. The van der Waals surface area contributed by atoms with Gasteiger partial charge in [0.25, 0.3) is 0 Å². The highest BCUT2D eigenvalue weighted by Gasteiger charge is 2.31. The van der Waals surface area contributed by atoms with E-state index in [0.29, 0.717) is 0 Å². The lowest BCUT2D eigenvalue weighted by atomic mass is 10.1. The minimum absolute atomic E-state index is 0.363. The molecule has 0 fully saturated rings. The fraction of sp³-hybridized carbons (Fsp3) is 0.667. The molecule has 0 aliphatic carbocycles. The number of carbonyl (C=O) groups excluding carboxylic acids is 4. The van der Waals surface area contributed by atoms with E-state index in [1.165, 1.54) is 0 Å². The van der Waals surface area contributed by atoms with Crippen LogP contribution in [0.4, 0.5) is 0 Å². The molecular weight excluding hydrogens is 286 g/mol. The summed E-state index contributed by atoms with van der Waals surface area (Å²) in [4.78, 5) is 45.7. The van der Waals surface area contributed by atoms with Gasteiger partial charge in [-0.1, -0.05) is 0 Å². The molecule has 2 atom stereocenters. The average Bonchev–Trinajstić information content (AvgIpc) is 2.50. The van der Waals surface area contributed by atoms with Crippen molar-refractivity contribution in [1.82, 2.24) is 5.32 Å². The Morgan fingerprint density at radius 2 is 1.05 bits per heavy atom. The molecule has 0 aromatic rings. The van der Waals surface area contributed by atoms with Crippen LogP contribution in [-0.2, 0) is 38.1 Å². The Morgan fingerprint density at radius 1 is 0.714 bits per heavy atom. The summed E-state index contributed by atoms with van der Waals surface area (Å²) in [6, 6.07) is -2.31. The normalized spacial score (nSPS) is 12.8. The van der Waals surface area contributed by atoms with E-state index in [1.54, 1.807) is 0 Å². The lowest BCUT2D eigenvalue weighted by molar-refractivity contribution is -0.153. The van der Waals surface area contributed by atoms with E-state index in [2.05, 4.69) is 24.3 Å². The zero-order valence-electron chi connectivity index (χ0n) is 12.3. The molecule has 0 heterocycles. The molecule has 0 amide bonds. The number of hydrogen-bond acceptors (Lipinski definition) is 9. The van der Waals surface area contributed by atoms with Gasteiger partial charge in [0.1, 0.15) is 12.1 Å². The van der Waals surface area contributed by atoms with Crippen LogP contribution < -0.4 is 5.32 Å². The van der Waals surface area contributed by atoms with E-state index >= 15 is 0 Å². The van der Waals surface area contributed by atoms with E-state index in [9.17, 15) is 19.2 Å². The standard InChI is InChI=1S/C12H19NO8/c1-18-9(14)5-7(11(16)20-3)13-8(12(17)21-4)6-10(15)19-2/h7-8,13H,5-6H2,1-4H3. The number of ether oxygens (including phenoxy) is 4. The van der Waals surface area contributed by atoms with E-state index < -0.39 is 36.0 Å². The van der Waals surface area contributed by atoms with Crippen molar-refractivity contribution in [2.24, 2.45) is 0 Å². The molecule has 0 aromatic carbocycles. The molecule has 0 radical (unpaired) electrons. The van der Waals surface area contributed by atoms with Crippen molar-refractivity contribution in [1.29, 1.82) is 0 Å². The topological polar surface area (TPSA) is 117 Å². The second-order valence-electron chi connectivity index (χ2n) is 3.88. The molecule has 0 aromatic heterocycles. The predicted octanol–water partition coefficient (Wildman–Crippen LogP) is -1.21. The quantitative estimate of drug-likeness (QED) is 0.435. The highest BCUT2D eigenvalue weighted by atomic mass is 16.5. The molecule has 120 valence electrons. The van der Waals surface area contributed by atoms with Crippen molar-refractivity contribution in [2.45, 2.75) is 24.9 Å². The van der Waals surface area contributed by atoms with Crippen LogP contribution in [0.5, 0.6) is 0 Å². The minimum Gasteiger partial charge on any atom is -0.469 e. The van der Waals surface area contributed by atoms with Crippen LogP contribution >= 0.6 is 0 Å². The highest BCUT2D eigenvalue weighted by Crippen LogP contribution is 2.04. The van der Waals surface area contributed by atoms with Crippen molar-refractivity contribution in [2.75, 3.05) is 28.4 Å². The lowest BCUT2D eigenvalue weighted by Crippen LogP contribution is -2.50. The third kappa shape index (κ3) is 6.70. The number of nitrogens with one attached hydrogen (secondary N) is 1. The lowest BCUT2D eigenvalue weighted by Gasteiger charge is -2.21. The maximum absolute atomic E-state index is 11.6. The SMILES string of the molecule is COC(=O)CC(NC(CC(=O)OC)C(=O)OC)C(=O)OC. The molecule has 0 aliphatic heterocycles. The summed E-state index contributed by atoms with van der Waals surface area (Å²) >= 11 is 0. The second kappa shape index (κ2) is 9.70. The first-order chi connectivity index (χ1) is 9.89. The summed E-state index contributed by atoms with van der Waals surface area (Å²) in [5.74, 6) is -2.92. The van der Waals surface area contributed by atoms with Gasteiger partial charge in [-0.05, 0) is 0 Å². The van der Waals surface area contributed by atoms with Crippen LogP contribution in [0.15, 0.2) is 0 Å². The van der Waals surface area contributed by atoms with E-state index in [-0.39, 0.29) is 12.8 Å². The van der Waals surface area contributed by atoms with Crippen molar-refractivity contribution in [3.8, 4) is 0 Å². The van der Waals surface area contributed by atoms with Gasteiger partial charge in [-0.3, -0.25) is 24.5 Å². The Hall–Kier alpha value is -2.16. The fourth-order valence-electron chi connectivity index (χ4n) is 1.45. The Bertz CT molecular complexity index is 359. The van der Waals surface area contributed by atoms with Gasteiger partial charge in [0.05, 0.1) is 41.3 Å². The molecule has 0 bridgehead atoms. The first kappa shape index (κ1) is 18.8. The first-order valence-electron chi connectivity index (χ1n) is 5.94. The monoisotopic (exact) mass is 305 g/mol. The predicted molar refractivity (Wildman–Crippen MR) is 68.0 cm³/mol. The summed E-state index contributed by atoms with van der Waals surface area (Å²) in [6.07, 6.45) is -0.727. The smallest absolute Gasteiger partial charge is 0.323 e. The van der Waals surface area contributed by atoms with E-state index in [4.69, 9.17) is 0 Å². The van der Waals surface area contributed by atoms with Crippen molar-refractivity contribution >= 4 is 23.9 Å². The molecule has 1 N–H and O–H groups in total. The summed E-state index contributed by atoms with van der Waals surface area (Å²) in [7, 11) is 4.56. The second-order valence-corrected chi connectivity index (χ2v) is 3.88. The Morgan fingerprint density at radius 3 is 1.29 bits per heavy atom. The number of hydrogen-bond donors (Lipinski definition) is 1. The average molecular weight is 305 g/mol. The summed E-state index contributed by atoms with van der Waals surface area (Å²) in [5.41, 5.74) is 0. The van der Waals surface area contributed by atoms with E-state index in [0.717, 1.165) is 28.4 Å². The molecule has 21 heavy (non-hydrogen) atoms. The first-order valence-corrected chi connectivity index (χ1v) is 5.94. The van der Waals surface area contributed by atoms with Crippen LogP contribution in [0.1, 0.15) is 12.8 Å². The fourth-order valence-corrected chi connectivity index (χ4v) is 1.45. The Balaban J connectivity index is 5.00. The molecule has 9 nitrogen and oxygen atoms in total. The zero-order valence-corrected chi connectivity index (χ0v) is 12.3. The van der Waals surface area contributed by atoms with E-state index in [1.807, 2.05) is 0 Å². The zero-order chi connectivity index (χ0) is 16.4. The van der Waals surface area contributed by atoms with Crippen molar-refractivity contribution < 1.29 is 38.1 Å². The molecule has 2 unspecified atom stereocenters. The van der Waals surface area contributed by atoms with Gasteiger partial charge in [-0.25, -0.2) is 0 Å². The van der Waals surface area contributed by atoms with Crippen LogP contribution in [0.2, 0.25) is 0 Å². The Kier molecular flexibility index (Phi) is 8.70. The van der Waals surface area contributed by atoms with Gasteiger partial charge in [0.2, 0.25) is 0 Å². The number of methoxy groups -OCH3 is 4. The van der Waals surface area contributed by atoms with Gasteiger partial charge >= 0.3 is 23.9 Å². The molecule has 0 rings (SSSR count). The van der Waals surface area contributed by atoms with Crippen LogP contribution in [0, 0.1) is 0 Å². The molecule has 0 spiro atoms. The van der Waals surface area contributed by atoms with Gasteiger partial charge in [0, 0.05) is 0 Å². The molecule has 9 heteroatoms. The maximum Gasteiger partial charge on any atom is 0.323 e. The number of carbonyl (C=O) groups is 4. The third-order valence-electron chi connectivity index (χ3n) is 2.57. The molecule has 0 saturated heterocycles. The van der Waals surface area contributed by atoms with Gasteiger partial charge in [-0.2, -0.15) is 0 Å². The van der Waals surface area contributed by atoms with Crippen molar-refractivity contribution in [3.05, 3.63) is 0 Å². The van der Waals surface area contributed by atoms with Crippen LogP contribution in [0.3, 0.4) is 0 Å². The van der Waals surface area contributed by atoms with Crippen molar-refractivity contribution in [3.63, 3.8) is 0 Å². The van der Waals surface area contributed by atoms with Crippen LogP contribution in [0.25, 0.3) is 0 Å². The molecule has 0 saturated carbocycles. The maximum atomic E-state index is 11.6. The number of esters is 4. The summed E-state index contributed by atoms with van der Waals surface area (Å²) in [6.45, 7) is 0. The minimum atomic E-state index is -1.16. The number of rotatable bonds is 8.